The fraction of sp³-hybridized carbons (Fsp3) is 0.190. The molecule has 0 bridgehead atoms. The molecule has 4 nitrogen and oxygen atoms in total. The average Bonchev–Trinajstić information content (AvgIpc) is 3.19. The standard InChI is InChI=1S/C21H19N4/c1-13-10-18(24(3)12-23-13)20-14(2)15-6-4-5-7-16(15)21-17(20)11-19-22-8-9-25(19)21/h4-10,12H,11H2,1-3H3/q+1. The minimum Gasteiger partial charge on any atom is -0.303 e. The molecule has 0 aliphatic carbocycles. The lowest BCUT2D eigenvalue weighted by Crippen LogP contribution is -2.32. The Balaban J connectivity index is 1.97. The van der Waals surface area contributed by atoms with Crippen LogP contribution in [0.1, 0.15) is 22.6 Å². The number of benzene rings is 2. The lowest BCUT2D eigenvalue weighted by atomic mass is 9.90. The smallest absolute Gasteiger partial charge is 0.286 e. The van der Waals surface area contributed by atoms with Crippen LogP contribution in [0.2, 0.25) is 0 Å². The van der Waals surface area contributed by atoms with Crippen molar-refractivity contribution in [3.8, 4) is 16.9 Å². The van der Waals surface area contributed by atoms with E-state index in [-0.39, 0.29) is 0 Å². The van der Waals surface area contributed by atoms with Gasteiger partial charge in [-0.25, -0.2) is 9.55 Å². The normalized spacial score (nSPS) is 12.4. The molecule has 25 heavy (non-hydrogen) atoms. The van der Waals surface area contributed by atoms with E-state index in [0.29, 0.717) is 0 Å². The molecular formula is C21H19N4+. The van der Waals surface area contributed by atoms with Crippen molar-refractivity contribution in [2.75, 3.05) is 0 Å². The van der Waals surface area contributed by atoms with Crippen LogP contribution >= 0.6 is 0 Å². The van der Waals surface area contributed by atoms with Gasteiger partial charge in [-0.1, -0.05) is 29.2 Å². The molecule has 4 aromatic rings. The molecule has 2 aromatic heterocycles. The molecule has 0 unspecified atom stereocenters. The Morgan fingerprint density at radius 2 is 1.88 bits per heavy atom. The molecule has 0 spiro atoms. The van der Waals surface area contributed by atoms with Crippen molar-refractivity contribution in [1.29, 1.82) is 0 Å². The highest BCUT2D eigenvalue weighted by Gasteiger charge is 2.28. The second-order valence-electron chi connectivity index (χ2n) is 6.79. The average molecular weight is 327 g/mol. The molecule has 0 radical (unpaired) electrons. The van der Waals surface area contributed by atoms with Crippen LogP contribution < -0.4 is 4.57 Å². The van der Waals surface area contributed by atoms with Crippen LogP contribution in [-0.2, 0) is 13.5 Å². The van der Waals surface area contributed by atoms with E-state index in [9.17, 15) is 0 Å². The maximum absolute atomic E-state index is 4.57. The van der Waals surface area contributed by atoms with Crippen molar-refractivity contribution >= 4 is 10.8 Å². The summed E-state index contributed by atoms with van der Waals surface area (Å²) in [7, 11) is 2.07. The van der Waals surface area contributed by atoms with Crippen LogP contribution in [0.5, 0.6) is 0 Å². The molecule has 1 aliphatic heterocycles. The quantitative estimate of drug-likeness (QED) is 0.442. The predicted molar refractivity (Wildman–Crippen MR) is 97.8 cm³/mol. The van der Waals surface area contributed by atoms with E-state index >= 15 is 0 Å². The maximum Gasteiger partial charge on any atom is 0.286 e. The van der Waals surface area contributed by atoms with Crippen molar-refractivity contribution < 1.29 is 4.57 Å². The van der Waals surface area contributed by atoms with Gasteiger partial charge in [-0.2, -0.15) is 0 Å². The summed E-state index contributed by atoms with van der Waals surface area (Å²) in [6.45, 7) is 4.28. The number of rotatable bonds is 1. The minimum absolute atomic E-state index is 0.866. The Hall–Kier alpha value is -3.01. The molecule has 0 amide bonds. The van der Waals surface area contributed by atoms with Crippen LogP contribution in [0, 0.1) is 13.8 Å². The van der Waals surface area contributed by atoms with Gasteiger partial charge >= 0.3 is 0 Å². The number of aromatic nitrogens is 4. The largest absolute Gasteiger partial charge is 0.303 e. The van der Waals surface area contributed by atoms with Crippen LogP contribution in [0.3, 0.4) is 0 Å². The highest BCUT2D eigenvalue weighted by molar-refractivity contribution is 6.00. The molecule has 1 aliphatic rings. The van der Waals surface area contributed by atoms with E-state index in [1.165, 1.54) is 38.8 Å². The third-order valence-electron chi connectivity index (χ3n) is 5.26. The van der Waals surface area contributed by atoms with Gasteiger partial charge < -0.3 is 4.57 Å². The van der Waals surface area contributed by atoms with Gasteiger partial charge in [-0.05, 0) is 23.4 Å². The zero-order chi connectivity index (χ0) is 17.1. The van der Waals surface area contributed by atoms with Gasteiger partial charge in [0.2, 0.25) is 0 Å². The van der Waals surface area contributed by atoms with E-state index < -0.39 is 0 Å². The topological polar surface area (TPSA) is 34.6 Å². The molecule has 3 heterocycles. The van der Waals surface area contributed by atoms with Gasteiger partial charge in [0.1, 0.15) is 11.5 Å². The zero-order valence-electron chi connectivity index (χ0n) is 14.6. The van der Waals surface area contributed by atoms with Gasteiger partial charge in [0.05, 0.1) is 12.7 Å². The summed E-state index contributed by atoms with van der Waals surface area (Å²) in [5.74, 6) is 1.11. The number of fused-ring (bicyclic) bond motifs is 5. The van der Waals surface area contributed by atoms with Gasteiger partial charge in [-0.3, -0.25) is 0 Å². The first-order chi connectivity index (χ1) is 12.1. The summed E-state index contributed by atoms with van der Waals surface area (Å²) in [5, 5.41) is 2.59. The van der Waals surface area contributed by atoms with E-state index in [2.05, 4.69) is 69.6 Å². The van der Waals surface area contributed by atoms with Crippen LogP contribution in [0.15, 0.2) is 49.1 Å². The van der Waals surface area contributed by atoms with Crippen molar-refractivity contribution in [1.82, 2.24) is 14.5 Å². The summed E-state index contributed by atoms with van der Waals surface area (Å²) in [5.41, 5.74) is 7.51. The Labute approximate surface area is 146 Å². The Morgan fingerprint density at radius 1 is 1.08 bits per heavy atom. The number of hydrogen-bond acceptors (Lipinski definition) is 2. The Kier molecular flexibility index (Phi) is 2.86. The van der Waals surface area contributed by atoms with Gasteiger partial charge in [0.25, 0.3) is 6.33 Å². The fourth-order valence-corrected chi connectivity index (χ4v) is 4.10. The molecule has 2 aromatic carbocycles. The summed E-state index contributed by atoms with van der Waals surface area (Å²) in [4.78, 5) is 8.99. The van der Waals surface area contributed by atoms with Gasteiger partial charge in [0.15, 0.2) is 5.69 Å². The molecule has 0 saturated heterocycles. The first-order valence-electron chi connectivity index (χ1n) is 8.54. The number of imidazole rings is 1. The molecule has 0 saturated carbocycles. The zero-order valence-corrected chi connectivity index (χ0v) is 14.6. The highest BCUT2D eigenvalue weighted by Crippen LogP contribution is 2.42. The van der Waals surface area contributed by atoms with Crippen molar-refractivity contribution in [2.24, 2.45) is 7.05 Å². The van der Waals surface area contributed by atoms with Crippen LogP contribution in [-0.4, -0.2) is 14.5 Å². The molecule has 0 fully saturated rings. The molecule has 4 heteroatoms. The summed E-state index contributed by atoms with van der Waals surface area (Å²) in [6, 6.07) is 10.9. The highest BCUT2D eigenvalue weighted by atomic mass is 15.1. The minimum atomic E-state index is 0.866. The van der Waals surface area contributed by atoms with Gasteiger partial charge in [0, 0.05) is 42.8 Å². The number of nitrogens with zero attached hydrogens (tertiary/aromatic N) is 4. The van der Waals surface area contributed by atoms with E-state index in [0.717, 1.165) is 17.9 Å². The monoisotopic (exact) mass is 327 g/mol. The molecule has 5 rings (SSSR count). The van der Waals surface area contributed by atoms with Crippen molar-refractivity contribution in [3.63, 3.8) is 0 Å². The third-order valence-corrected chi connectivity index (χ3v) is 5.26. The summed E-state index contributed by atoms with van der Waals surface area (Å²) < 4.78 is 4.36. The van der Waals surface area contributed by atoms with Crippen LogP contribution in [0.4, 0.5) is 0 Å². The molecule has 0 atom stereocenters. The lowest BCUT2D eigenvalue weighted by Gasteiger charge is -2.16. The van der Waals surface area contributed by atoms with E-state index in [4.69, 9.17) is 0 Å². The Morgan fingerprint density at radius 3 is 2.72 bits per heavy atom. The SMILES string of the molecule is Cc1cc(-c2c3c(c4ccccc4c2C)-n2ccnc2C3)[n+](C)cn1. The Bertz CT molecular complexity index is 1150. The summed E-state index contributed by atoms with van der Waals surface area (Å²) in [6.07, 6.45) is 6.73. The van der Waals surface area contributed by atoms with E-state index in [1.807, 2.05) is 19.4 Å². The fourth-order valence-electron chi connectivity index (χ4n) is 4.10. The lowest BCUT2D eigenvalue weighted by molar-refractivity contribution is -0.663. The predicted octanol–water partition coefficient (Wildman–Crippen LogP) is 3.43. The molecular weight excluding hydrogens is 308 g/mol. The number of hydrogen-bond donors (Lipinski definition) is 0. The second kappa shape index (κ2) is 4.99. The van der Waals surface area contributed by atoms with Crippen molar-refractivity contribution in [3.05, 3.63) is 71.7 Å². The van der Waals surface area contributed by atoms with Gasteiger partial charge in [-0.15, -0.1) is 0 Å². The van der Waals surface area contributed by atoms with Crippen LogP contribution in [0.25, 0.3) is 27.7 Å². The molecule has 0 N–H and O–H groups in total. The second-order valence-corrected chi connectivity index (χ2v) is 6.79. The summed E-state index contributed by atoms with van der Waals surface area (Å²) >= 11 is 0. The third kappa shape index (κ3) is 1.91. The first kappa shape index (κ1) is 14.3. The molecule has 122 valence electrons. The maximum atomic E-state index is 4.57. The van der Waals surface area contributed by atoms with E-state index in [1.54, 1.807) is 0 Å². The first-order valence-corrected chi connectivity index (χ1v) is 8.54. The number of aryl methyl sites for hydroxylation is 3. The van der Waals surface area contributed by atoms with Crippen molar-refractivity contribution in [2.45, 2.75) is 20.3 Å².